The summed E-state index contributed by atoms with van der Waals surface area (Å²) < 4.78 is 50.9. The Labute approximate surface area is 129 Å². The highest BCUT2D eigenvalue weighted by Crippen LogP contribution is 2.30. The highest BCUT2D eigenvalue weighted by molar-refractivity contribution is 5.94. The highest BCUT2D eigenvalue weighted by atomic mass is 19.4. The van der Waals surface area contributed by atoms with Crippen molar-refractivity contribution in [2.75, 3.05) is 6.54 Å². The third kappa shape index (κ3) is 4.53. The van der Waals surface area contributed by atoms with Gasteiger partial charge in [0.05, 0.1) is 11.7 Å². The summed E-state index contributed by atoms with van der Waals surface area (Å²) in [5.74, 6) is -1.22. The fourth-order valence-electron chi connectivity index (χ4n) is 1.96. The number of hydrogen-bond acceptors (Lipinski definition) is 2. The van der Waals surface area contributed by atoms with E-state index in [0.717, 1.165) is 18.2 Å². The zero-order valence-electron chi connectivity index (χ0n) is 11.8. The molecule has 0 aliphatic rings. The van der Waals surface area contributed by atoms with E-state index in [9.17, 15) is 27.5 Å². The Morgan fingerprint density at radius 1 is 1.13 bits per heavy atom. The van der Waals surface area contributed by atoms with Gasteiger partial charge in [-0.3, -0.25) is 4.79 Å². The van der Waals surface area contributed by atoms with Gasteiger partial charge in [-0.25, -0.2) is 4.39 Å². The quantitative estimate of drug-likeness (QED) is 0.847. The molecule has 2 rings (SSSR count). The zero-order valence-corrected chi connectivity index (χ0v) is 11.8. The van der Waals surface area contributed by atoms with Crippen LogP contribution in [-0.4, -0.2) is 17.6 Å². The number of aliphatic hydroxyl groups excluding tert-OH is 1. The Kier molecular flexibility index (Phi) is 5.00. The van der Waals surface area contributed by atoms with Crippen LogP contribution in [0.15, 0.2) is 48.5 Å². The third-order valence-corrected chi connectivity index (χ3v) is 3.14. The van der Waals surface area contributed by atoms with Crippen LogP contribution in [0.25, 0.3) is 0 Å². The van der Waals surface area contributed by atoms with Gasteiger partial charge in [-0.2, -0.15) is 13.2 Å². The van der Waals surface area contributed by atoms with Gasteiger partial charge in [0.2, 0.25) is 0 Å². The van der Waals surface area contributed by atoms with Crippen LogP contribution in [-0.2, 0) is 6.18 Å². The number of nitrogens with one attached hydrogen (secondary N) is 1. The number of carbonyl (C=O) groups excluding carboxylic acids is 1. The molecule has 0 spiro atoms. The monoisotopic (exact) mass is 327 g/mol. The van der Waals surface area contributed by atoms with Crippen molar-refractivity contribution in [1.29, 1.82) is 0 Å². The molecule has 0 heterocycles. The molecule has 2 aromatic rings. The summed E-state index contributed by atoms with van der Waals surface area (Å²) in [5, 5.41) is 12.3. The predicted molar refractivity (Wildman–Crippen MR) is 75.1 cm³/mol. The number of halogens is 4. The fourth-order valence-corrected chi connectivity index (χ4v) is 1.96. The number of alkyl halides is 3. The predicted octanol–water partition coefficient (Wildman–Crippen LogP) is 3.31. The van der Waals surface area contributed by atoms with E-state index in [4.69, 9.17) is 0 Å². The summed E-state index contributed by atoms with van der Waals surface area (Å²) in [6.07, 6.45) is -5.82. The summed E-state index contributed by atoms with van der Waals surface area (Å²) in [7, 11) is 0. The number of aliphatic hydroxyl groups is 1. The van der Waals surface area contributed by atoms with E-state index in [2.05, 4.69) is 5.32 Å². The number of rotatable bonds is 4. The molecule has 0 saturated carbocycles. The molecule has 23 heavy (non-hydrogen) atoms. The van der Waals surface area contributed by atoms with Crippen molar-refractivity contribution in [3.8, 4) is 0 Å². The fraction of sp³-hybridized carbons (Fsp3) is 0.188. The normalized spacial score (nSPS) is 12.7. The Bertz CT molecular complexity index is 700. The standard InChI is InChI=1S/C16H13F4NO2/c17-13-6-2-4-11(8-13)15(23)21-9-14(22)10-3-1-5-12(7-10)16(18,19)20/h1-8,14,22H,9H2,(H,21,23). The van der Waals surface area contributed by atoms with Gasteiger partial charge in [0, 0.05) is 12.1 Å². The lowest BCUT2D eigenvalue weighted by Gasteiger charge is -2.14. The zero-order chi connectivity index (χ0) is 17.0. The molecule has 1 unspecified atom stereocenters. The first-order valence-corrected chi connectivity index (χ1v) is 6.66. The minimum Gasteiger partial charge on any atom is -0.387 e. The van der Waals surface area contributed by atoms with Gasteiger partial charge in [-0.15, -0.1) is 0 Å². The highest BCUT2D eigenvalue weighted by Gasteiger charge is 2.30. The van der Waals surface area contributed by atoms with Crippen LogP contribution in [0.2, 0.25) is 0 Å². The Balaban J connectivity index is 2.02. The maximum absolute atomic E-state index is 13.0. The molecular weight excluding hydrogens is 314 g/mol. The van der Waals surface area contributed by atoms with Gasteiger partial charge >= 0.3 is 6.18 Å². The van der Waals surface area contributed by atoms with E-state index >= 15 is 0 Å². The molecule has 122 valence electrons. The SMILES string of the molecule is O=C(NCC(O)c1cccc(C(F)(F)F)c1)c1cccc(F)c1. The molecule has 1 atom stereocenters. The minimum absolute atomic E-state index is 0.0272. The van der Waals surface area contributed by atoms with E-state index in [0.29, 0.717) is 0 Å². The molecule has 2 aromatic carbocycles. The van der Waals surface area contributed by atoms with Crippen molar-refractivity contribution >= 4 is 5.91 Å². The first-order chi connectivity index (χ1) is 10.8. The van der Waals surface area contributed by atoms with Crippen molar-refractivity contribution in [3.05, 3.63) is 71.0 Å². The molecule has 0 bridgehead atoms. The van der Waals surface area contributed by atoms with Gasteiger partial charge < -0.3 is 10.4 Å². The van der Waals surface area contributed by atoms with E-state index in [1.54, 1.807) is 0 Å². The molecule has 0 aliphatic carbocycles. The lowest BCUT2D eigenvalue weighted by Crippen LogP contribution is -2.28. The molecule has 7 heteroatoms. The van der Waals surface area contributed by atoms with Crippen LogP contribution in [0.3, 0.4) is 0 Å². The molecule has 0 aliphatic heterocycles. The summed E-state index contributed by atoms with van der Waals surface area (Å²) in [6, 6.07) is 9.15. The number of hydrogen-bond donors (Lipinski definition) is 2. The van der Waals surface area contributed by atoms with Crippen LogP contribution in [0.4, 0.5) is 17.6 Å². The van der Waals surface area contributed by atoms with Crippen molar-refractivity contribution in [2.45, 2.75) is 12.3 Å². The first-order valence-electron chi connectivity index (χ1n) is 6.66. The topological polar surface area (TPSA) is 49.3 Å². The average molecular weight is 327 g/mol. The maximum Gasteiger partial charge on any atom is 0.416 e. The van der Waals surface area contributed by atoms with E-state index in [-0.39, 0.29) is 17.7 Å². The van der Waals surface area contributed by atoms with E-state index in [1.165, 1.54) is 30.3 Å². The second kappa shape index (κ2) is 6.78. The number of amides is 1. The number of benzene rings is 2. The van der Waals surface area contributed by atoms with Crippen LogP contribution in [0.5, 0.6) is 0 Å². The summed E-state index contributed by atoms with van der Waals surface area (Å²) in [6.45, 7) is -0.295. The lowest BCUT2D eigenvalue weighted by atomic mass is 10.1. The second-order valence-corrected chi connectivity index (χ2v) is 4.86. The van der Waals surface area contributed by atoms with Crippen LogP contribution in [0.1, 0.15) is 27.6 Å². The van der Waals surface area contributed by atoms with E-state index < -0.39 is 29.6 Å². The van der Waals surface area contributed by atoms with Crippen LogP contribution in [0, 0.1) is 5.82 Å². The summed E-state index contributed by atoms with van der Waals surface area (Å²) >= 11 is 0. The summed E-state index contributed by atoms with van der Waals surface area (Å²) in [4.78, 5) is 11.8. The van der Waals surface area contributed by atoms with Gasteiger partial charge in [0.25, 0.3) is 5.91 Å². The van der Waals surface area contributed by atoms with Crippen molar-refractivity contribution in [3.63, 3.8) is 0 Å². The molecule has 3 nitrogen and oxygen atoms in total. The van der Waals surface area contributed by atoms with Crippen molar-refractivity contribution in [2.24, 2.45) is 0 Å². The van der Waals surface area contributed by atoms with Crippen LogP contribution >= 0.6 is 0 Å². The van der Waals surface area contributed by atoms with E-state index in [1.807, 2.05) is 0 Å². The van der Waals surface area contributed by atoms with Gasteiger partial charge in [-0.1, -0.05) is 18.2 Å². The van der Waals surface area contributed by atoms with Gasteiger partial charge in [0.15, 0.2) is 0 Å². The molecule has 0 aromatic heterocycles. The van der Waals surface area contributed by atoms with Gasteiger partial charge in [-0.05, 0) is 35.9 Å². The largest absolute Gasteiger partial charge is 0.416 e. The number of carbonyl (C=O) groups is 1. The first kappa shape index (κ1) is 17.0. The van der Waals surface area contributed by atoms with Crippen molar-refractivity contribution in [1.82, 2.24) is 5.32 Å². The van der Waals surface area contributed by atoms with Crippen molar-refractivity contribution < 1.29 is 27.5 Å². The molecule has 0 radical (unpaired) electrons. The lowest BCUT2D eigenvalue weighted by molar-refractivity contribution is -0.137. The molecule has 1 amide bonds. The second-order valence-electron chi connectivity index (χ2n) is 4.86. The Hall–Kier alpha value is -2.41. The Morgan fingerprint density at radius 3 is 2.48 bits per heavy atom. The van der Waals surface area contributed by atoms with Crippen LogP contribution < -0.4 is 5.32 Å². The smallest absolute Gasteiger partial charge is 0.387 e. The minimum atomic E-state index is -4.51. The maximum atomic E-state index is 13.0. The summed E-state index contributed by atoms with van der Waals surface area (Å²) in [5.41, 5.74) is -0.800. The third-order valence-electron chi connectivity index (χ3n) is 3.14. The molecule has 0 saturated heterocycles. The van der Waals surface area contributed by atoms with Gasteiger partial charge in [0.1, 0.15) is 5.82 Å². The molecule has 2 N–H and O–H groups in total. The Morgan fingerprint density at radius 2 is 1.83 bits per heavy atom. The average Bonchev–Trinajstić information content (AvgIpc) is 2.51. The molecular formula is C16H13F4NO2. The molecule has 0 fully saturated rings.